The van der Waals surface area contributed by atoms with Crippen molar-refractivity contribution in [2.45, 2.75) is 124 Å². The standard InChI is InChI=1S/C42H60F2N2O3/c1-37(2)30(28-8-10-29(11-9-28)36(48)49)14-18-38(3)33(37)15-19-40(5)34(38)13-12-31-32-7-6-17-41(32,21-20-39(31,40)4)27-45-24-16-35(47)46-25-22-42(43,44)23-26-46/h8-11,14,31-34,45H,6-7,12-13,15-27H2,1-5H3,(H,48,49)/t31?,32?,33?,34?,38?,39-,40?,41?/m1/s1. The number of carboxylic acids is 1. The Balaban J connectivity index is 1.05. The van der Waals surface area contributed by atoms with Crippen molar-refractivity contribution < 1.29 is 23.5 Å². The van der Waals surface area contributed by atoms with Crippen LogP contribution in [0.5, 0.6) is 0 Å². The van der Waals surface area contributed by atoms with Crippen LogP contribution in [0, 0.1) is 50.7 Å². The quantitative estimate of drug-likeness (QED) is 0.282. The second-order valence-electron chi connectivity index (χ2n) is 18.6. The van der Waals surface area contributed by atoms with E-state index in [-0.39, 0.29) is 42.7 Å². The summed E-state index contributed by atoms with van der Waals surface area (Å²) in [4.78, 5) is 25.9. The van der Waals surface area contributed by atoms with Gasteiger partial charge in [0.2, 0.25) is 5.91 Å². The fourth-order valence-electron chi connectivity index (χ4n) is 13.7. The predicted molar refractivity (Wildman–Crippen MR) is 190 cm³/mol. The van der Waals surface area contributed by atoms with Crippen molar-refractivity contribution in [3.05, 3.63) is 41.5 Å². The lowest BCUT2D eigenvalue weighted by Crippen LogP contribution is -2.65. The lowest BCUT2D eigenvalue weighted by Gasteiger charge is -2.72. The van der Waals surface area contributed by atoms with Gasteiger partial charge in [-0.2, -0.15) is 0 Å². The molecule has 6 aliphatic rings. The van der Waals surface area contributed by atoms with Crippen LogP contribution in [-0.4, -0.2) is 54.0 Å². The Morgan fingerprint density at radius 3 is 2.24 bits per heavy atom. The van der Waals surface area contributed by atoms with Crippen molar-refractivity contribution in [3.8, 4) is 0 Å². The molecule has 0 spiro atoms. The molecule has 1 amide bonds. The van der Waals surface area contributed by atoms with Crippen LogP contribution >= 0.6 is 0 Å². The Labute approximate surface area is 293 Å². The van der Waals surface area contributed by atoms with E-state index in [9.17, 15) is 23.5 Å². The summed E-state index contributed by atoms with van der Waals surface area (Å²) in [6.45, 7) is 14.8. The molecular weight excluding hydrogens is 618 g/mol. The number of benzene rings is 1. The molecule has 5 fully saturated rings. The zero-order valence-corrected chi connectivity index (χ0v) is 30.7. The van der Waals surface area contributed by atoms with Gasteiger partial charge >= 0.3 is 5.97 Å². The van der Waals surface area contributed by atoms with Crippen molar-refractivity contribution in [3.63, 3.8) is 0 Å². The average Bonchev–Trinajstić information content (AvgIpc) is 3.47. The highest BCUT2D eigenvalue weighted by atomic mass is 19.3. The summed E-state index contributed by atoms with van der Waals surface area (Å²) in [7, 11) is 0. The molecule has 4 saturated carbocycles. The molecule has 1 aromatic rings. The van der Waals surface area contributed by atoms with Crippen molar-refractivity contribution in [1.82, 2.24) is 10.2 Å². The van der Waals surface area contributed by atoms with Crippen LogP contribution in [0.1, 0.15) is 134 Å². The highest BCUT2D eigenvalue weighted by Gasteiger charge is 2.69. The summed E-state index contributed by atoms with van der Waals surface area (Å²) < 4.78 is 27.2. The van der Waals surface area contributed by atoms with Gasteiger partial charge in [0.05, 0.1) is 5.56 Å². The number of halogens is 2. The van der Waals surface area contributed by atoms with Crippen LogP contribution in [0.2, 0.25) is 0 Å². The maximum Gasteiger partial charge on any atom is 0.335 e. The van der Waals surface area contributed by atoms with Gasteiger partial charge < -0.3 is 15.3 Å². The number of alkyl halides is 2. The second-order valence-corrected chi connectivity index (χ2v) is 18.6. The fraction of sp³-hybridized carbons (Fsp3) is 0.762. The van der Waals surface area contributed by atoms with E-state index in [4.69, 9.17) is 0 Å². The molecule has 1 heterocycles. The molecule has 7 unspecified atom stereocenters. The topological polar surface area (TPSA) is 69.6 Å². The third-order valence-electron chi connectivity index (χ3n) is 16.4. The highest BCUT2D eigenvalue weighted by molar-refractivity contribution is 5.88. The number of amides is 1. The number of piperidine rings is 1. The number of nitrogens with one attached hydrogen (secondary N) is 1. The van der Waals surface area contributed by atoms with Gasteiger partial charge in [0.25, 0.3) is 5.92 Å². The third-order valence-corrected chi connectivity index (χ3v) is 16.4. The first kappa shape index (κ1) is 35.1. The Morgan fingerprint density at radius 2 is 1.55 bits per heavy atom. The molecule has 270 valence electrons. The summed E-state index contributed by atoms with van der Waals surface area (Å²) in [5.74, 6) is -0.762. The molecule has 8 atom stereocenters. The first-order valence-electron chi connectivity index (χ1n) is 19.5. The minimum absolute atomic E-state index is 0.0100. The van der Waals surface area contributed by atoms with Crippen LogP contribution in [0.4, 0.5) is 8.78 Å². The number of fused-ring (bicyclic) bond motifs is 7. The fourth-order valence-corrected chi connectivity index (χ4v) is 13.7. The van der Waals surface area contributed by atoms with Gasteiger partial charge in [-0.3, -0.25) is 4.79 Å². The van der Waals surface area contributed by atoms with E-state index in [1.54, 1.807) is 17.0 Å². The van der Waals surface area contributed by atoms with E-state index in [1.807, 2.05) is 12.1 Å². The Kier molecular flexibility index (Phi) is 8.72. The smallest absolute Gasteiger partial charge is 0.335 e. The number of carbonyl (C=O) groups is 2. The van der Waals surface area contributed by atoms with E-state index in [2.05, 4.69) is 46.0 Å². The normalized spacial score (nSPS) is 40.7. The maximum atomic E-state index is 13.6. The number of aromatic carboxylic acids is 1. The molecule has 1 aromatic carbocycles. The van der Waals surface area contributed by atoms with Crippen LogP contribution in [0.15, 0.2) is 30.3 Å². The minimum atomic E-state index is -2.62. The molecule has 1 aliphatic heterocycles. The number of hydrogen-bond donors (Lipinski definition) is 2. The molecule has 7 rings (SSSR count). The number of allylic oxidation sites excluding steroid dienone is 2. The van der Waals surface area contributed by atoms with Crippen LogP contribution in [-0.2, 0) is 4.79 Å². The number of likely N-dealkylation sites (tertiary alicyclic amines) is 1. The van der Waals surface area contributed by atoms with Crippen LogP contribution in [0.25, 0.3) is 5.57 Å². The average molecular weight is 679 g/mol. The summed E-state index contributed by atoms with van der Waals surface area (Å²) in [6, 6.07) is 7.54. The Morgan fingerprint density at radius 1 is 0.837 bits per heavy atom. The second kappa shape index (κ2) is 12.2. The minimum Gasteiger partial charge on any atom is -0.478 e. The Hall–Kier alpha value is -2.28. The van der Waals surface area contributed by atoms with Crippen LogP contribution < -0.4 is 5.32 Å². The van der Waals surface area contributed by atoms with Gasteiger partial charge in [-0.15, -0.1) is 0 Å². The first-order valence-corrected chi connectivity index (χ1v) is 19.5. The molecule has 0 bridgehead atoms. The van der Waals surface area contributed by atoms with Crippen molar-refractivity contribution in [1.29, 1.82) is 0 Å². The zero-order chi connectivity index (χ0) is 35.0. The van der Waals surface area contributed by atoms with Crippen molar-refractivity contribution in [2.75, 3.05) is 26.2 Å². The molecule has 0 radical (unpaired) electrons. The van der Waals surface area contributed by atoms with Crippen molar-refractivity contribution >= 4 is 17.4 Å². The first-order chi connectivity index (χ1) is 23.1. The van der Waals surface area contributed by atoms with Gasteiger partial charge in [0, 0.05) is 45.4 Å². The van der Waals surface area contributed by atoms with E-state index in [1.165, 1.54) is 68.9 Å². The van der Waals surface area contributed by atoms with E-state index >= 15 is 0 Å². The maximum absolute atomic E-state index is 13.6. The number of hydrogen-bond acceptors (Lipinski definition) is 3. The number of carbonyl (C=O) groups excluding carboxylic acids is 1. The molecule has 7 heteroatoms. The lowest BCUT2D eigenvalue weighted by molar-refractivity contribution is -0.222. The zero-order valence-electron chi connectivity index (χ0n) is 30.7. The molecule has 2 N–H and O–H groups in total. The van der Waals surface area contributed by atoms with Crippen molar-refractivity contribution in [2.24, 2.45) is 50.7 Å². The van der Waals surface area contributed by atoms with Gasteiger partial charge in [0.1, 0.15) is 0 Å². The summed E-state index contributed by atoms with van der Waals surface area (Å²) in [6.07, 6.45) is 15.2. The molecule has 0 aromatic heterocycles. The van der Waals surface area contributed by atoms with Gasteiger partial charge in [-0.25, -0.2) is 13.6 Å². The molecule has 5 aliphatic carbocycles. The van der Waals surface area contributed by atoms with Gasteiger partial charge in [-0.1, -0.05) is 59.2 Å². The molecular formula is C42H60F2N2O3. The third kappa shape index (κ3) is 5.53. The Bertz CT molecular complexity index is 1480. The van der Waals surface area contributed by atoms with Gasteiger partial charge in [0.15, 0.2) is 0 Å². The molecule has 5 nitrogen and oxygen atoms in total. The van der Waals surface area contributed by atoms with Crippen LogP contribution in [0.3, 0.4) is 0 Å². The molecule has 1 saturated heterocycles. The van der Waals surface area contributed by atoms with E-state index in [0.29, 0.717) is 46.6 Å². The number of rotatable bonds is 7. The summed E-state index contributed by atoms with van der Waals surface area (Å²) >= 11 is 0. The summed E-state index contributed by atoms with van der Waals surface area (Å²) in [5.41, 5.74) is 4.06. The number of carboxylic acid groups (broad SMARTS) is 1. The van der Waals surface area contributed by atoms with Gasteiger partial charge in [-0.05, 0) is 132 Å². The lowest BCUT2D eigenvalue weighted by atomic mass is 9.32. The monoisotopic (exact) mass is 678 g/mol. The highest BCUT2D eigenvalue weighted by Crippen LogP contribution is 2.77. The molecule has 49 heavy (non-hydrogen) atoms. The van der Waals surface area contributed by atoms with E-state index in [0.717, 1.165) is 24.8 Å². The predicted octanol–water partition coefficient (Wildman–Crippen LogP) is 9.47. The SMILES string of the molecule is CC1(C)C(c2ccc(C(=O)O)cc2)=CCC2(C)C1CCC1(C)C2CCC2C3CCCC3(CNCCC(=O)N3CCC(F)(F)CC3)CC[C@]21C. The largest absolute Gasteiger partial charge is 0.478 e. The van der Waals surface area contributed by atoms with E-state index < -0.39 is 11.9 Å². The summed E-state index contributed by atoms with van der Waals surface area (Å²) in [5, 5.41) is 13.2. The number of nitrogens with zero attached hydrogens (tertiary/aromatic N) is 1.